The second-order valence-corrected chi connectivity index (χ2v) is 4.40. The number of carbonyl (C=O) groups excluding carboxylic acids is 1. The molecule has 0 aromatic heterocycles. The van der Waals surface area contributed by atoms with Gasteiger partial charge in [0.05, 0.1) is 0 Å². The lowest BCUT2D eigenvalue weighted by Gasteiger charge is -2.04. The lowest BCUT2D eigenvalue weighted by Crippen LogP contribution is -2.25. The Morgan fingerprint density at radius 3 is 2.53 bits per heavy atom. The van der Waals surface area contributed by atoms with Crippen LogP contribution < -0.4 is 5.32 Å². The number of nitrogens with one attached hydrogen (secondary N) is 1. The van der Waals surface area contributed by atoms with Crippen LogP contribution in [0.15, 0.2) is 41.4 Å². The second kappa shape index (κ2) is 7.36. The average molecular weight is 260 g/mol. The van der Waals surface area contributed by atoms with Crippen molar-refractivity contribution >= 4 is 11.6 Å². The van der Waals surface area contributed by atoms with E-state index in [-0.39, 0.29) is 11.7 Å². The zero-order valence-electron chi connectivity index (χ0n) is 11.4. The van der Waals surface area contributed by atoms with E-state index in [9.17, 15) is 9.90 Å². The fourth-order valence-electron chi connectivity index (χ4n) is 1.47. The zero-order chi connectivity index (χ0) is 14.3. The molecule has 2 N–H and O–H groups in total. The van der Waals surface area contributed by atoms with Crippen molar-refractivity contribution < 1.29 is 9.90 Å². The average Bonchev–Trinajstić information content (AvgIpc) is 2.38. The summed E-state index contributed by atoms with van der Waals surface area (Å²) in [4.78, 5) is 15.7. The van der Waals surface area contributed by atoms with Crippen LogP contribution in [0.1, 0.15) is 25.8 Å². The van der Waals surface area contributed by atoms with Crippen molar-refractivity contribution in [3.8, 4) is 5.75 Å². The van der Waals surface area contributed by atoms with E-state index in [0.717, 1.165) is 17.7 Å². The Bertz CT molecular complexity index is 475. The summed E-state index contributed by atoms with van der Waals surface area (Å²) < 4.78 is 0. The Hall–Kier alpha value is -2.10. The molecule has 1 aromatic rings. The third-order valence-corrected chi connectivity index (χ3v) is 2.64. The molecular weight excluding hydrogens is 240 g/mol. The number of benzene rings is 1. The van der Waals surface area contributed by atoms with Crippen molar-refractivity contribution in [1.29, 1.82) is 0 Å². The number of rotatable bonds is 6. The summed E-state index contributed by atoms with van der Waals surface area (Å²) in [5.74, 6) is 0.137. The maximum atomic E-state index is 11.2. The summed E-state index contributed by atoms with van der Waals surface area (Å²) >= 11 is 0. The van der Waals surface area contributed by atoms with Gasteiger partial charge in [-0.3, -0.25) is 9.79 Å². The number of aliphatic imine (C=N–C) groups is 1. The topological polar surface area (TPSA) is 61.7 Å². The first-order valence-corrected chi connectivity index (χ1v) is 6.25. The van der Waals surface area contributed by atoms with Gasteiger partial charge in [-0.25, -0.2) is 0 Å². The molecule has 102 valence electrons. The van der Waals surface area contributed by atoms with Crippen LogP contribution in [-0.4, -0.2) is 29.8 Å². The molecule has 0 fully saturated rings. The summed E-state index contributed by atoms with van der Waals surface area (Å²) in [5, 5.41) is 12.0. The molecule has 0 radical (unpaired) electrons. The second-order valence-electron chi connectivity index (χ2n) is 4.40. The molecule has 4 nitrogen and oxygen atoms in total. The number of phenolic OH excluding ortho intramolecular Hbond substituents is 1. The van der Waals surface area contributed by atoms with Gasteiger partial charge in [-0.1, -0.05) is 6.58 Å². The summed E-state index contributed by atoms with van der Waals surface area (Å²) in [6.45, 7) is 8.43. The van der Waals surface area contributed by atoms with Gasteiger partial charge < -0.3 is 10.4 Å². The monoisotopic (exact) mass is 260 g/mol. The minimum Gasteiger partial charge on any atom is -0.508 e. The van der Waals surface area contributed by atoms with Crippen molar-refractivity contribution in [2.24, 2.45) is 4.99 Å². The predicted molar refractivity (Wildman–Crippen MR) is 77.6 cm³/mol. The molecule has 4 heteroatoms. The molecular formula is C15H20N2O2. The van der Waals surface area contributed by atoms with E-state index in [4.69, 9.17) is 0 Å². The molecule has 0 unspecified atom stereocenters. The van der Waals surface area contributed by atoms with E-state index in [1.54, 1.807) is 19.1 Å². The molecule has 0 aliphatic carbocycles. The van der Waals surface area contributed by atoms with Crippen molar-refractivity contribution in [1.82, 2.24) is 5.32 Å². The van der Waals surface area contributed by atoms with Gasteiger partial charge in [0.25, 0.3) is 0 Å². The van der Waals surface area contributed by atoms with E-state index in [2.05, 4.69) is 16.9 Å². The van der Waals surface area contributed by atoms with Crippen LogP contribution in [0.2, 0.25) is 0 Å². The number of aromatic hydroxyl groups is 1. The van der Waals surface area contributed by atoms with Crippen molar-refractivity contribution in [3.05, 3.63) is 42.0 Å². The van der Waals surface area contributed by atoms with Gasteiger partial charge in [0, 0.05) is 24.4 Å². The molecule has 0 bridgehead atoms. The molecule has 19 heavy (non-hydrogen) atoms. The highest BCUT2D eigenvalue weighted by Gasteiger charge is 2.00. The third-order valence-electron chi connectivity index (χ3n) is 2.64. The molecule has 0 atom stereocenters. The Labute approximate surface area is 113 Å². The maximum Gasteiger partial charge on any atom is 0.246 e. The fourth-order valence-corrected chi connectivity index (χ4v) is 1.47. The number of hydrogen-bond donors (Lipinski definition) is 2. The molecule has 1 amide bonds. The molecule has 0 heterocycles. The molecule has 0 aliphatic heterocycles. The fraction of sp³-hybridized carbons (Fsp3) is 0.333. The van der Waals surface area contributed by atoms with E-state index < -0.39 is 0 Å². The van der Waals surface area contributed by atoms with E-state index in [0.29, 0.717) is 18.7 Å². The third kappa shape index (κ3) is 5.38. The highest BCUT2D eigenvalue weighted by Crippen LogP contribution is 2.10. The molecule has 0 spiro atoms. The smallest absolute Gasteiger partial charge is 0.246 e. The normalized spacial score (nSPS) is 11.2. The Morgan fingerprint density at radius 2 is 1.95 bits per heavy atom. The number of hydrogen-bond acceptors (Lipinski definition) is 3. The Kier molecular flexibility index (Phi) is 5.79. The van der Waals surface area contributed by atoms with Crippen LogP contribution in [0, 0.1) is 0 Å². The SMILES string of the molecule is C=C(C)C(=O)NCCC/N=C(\C)c1ccc(O)cc1. The highest BCUT2D eigenvalue weighted by molar-refractivity contribution is 5.98. The van der Waals surface area contributed by atoms with Gasteiger partial charge in [-0.05, 0) is 50.1 Å². The summed E-state index contributed by atoms with van der Waals surface area (Å²) in [6, 6.07) is 6.94. The minimum atomic E-state index is -0.112. The Balaban J connectivity index is 2.34. The number of nitrogens with zero attached hydrogens (tertiary/aromatic N) is 1. The van der Waals surface area contributed by atoms with Gasteiger partial charge in [-0.2, -0.15) is 0 Å². The first-order valence-electron chi connectivity index (χ1n) is 6.25. The standard InChI is InChI=1S/C15H20N2O2/c1-11(2)15(19)17-10-4-9-16-12(3)13-5-7-14(18)8-6-13/h5-8,18H,1,4,9-10H2,2-3H3,(H,17,19)/b16-12+. The number of carbonyl (C=O) groups is 1. The zero-order valence-corrected chi connectivity index (χ0v) is 11.4. The van der Waals surface area contributed by atoms with Crippen molar-refractivity contribution in [2.45, 2.75) is 20.3 Å². The van der Waals surface area contributed by atoms with Crippen LogP contribution in [0.25, 0.3) is 0 Å². The molecule has 0 aliphatic rings. The molecule has 0 saturated heterocycles. The quantitative estimate of drug-likeness (QED) is 0.468. The van der Waals surface area contributed by atoms with E-state index in [1.807, 2.05) is 19.1 Å². The van der Waals surface area contributed by atoms with E-state index >= 15 is 0 Å². The summed E-state index contributed by atoms with van der Waals surface area (Å²) in [6.07, 6.45) is 0.786. The summed E-state index contributed by atoms with van der Waals surface area (Å²) in [7, 11) is 0. The van der Waals surface area contributed by atoms with Crippen molar-refractivity contribution in [2.75, 3.05) is 13.1 Å². The van der Waals surface area contributed by atoms with Gasteiger partial charge in [-0.15, -0.1) is 0 Å². The maximum absolute atomic E-state index is 11.2. The number of phenols is 1. The molecule has 0 saturated carbocycles. The van der Waals surface area contributed by atoms with Crippen LogP contribution in [0.4, 0.5) is 0 Å². The Morgan fingerprint density at radius 1 is 1.32 bits per heavy atom. The van der Waals surface area contributed by atoms with Crippen LogP contribution in [0.3, 0.4) is 0 Å². The highest BCUT2D eigenvalue weighted by atomic mass is 16.3. The van der Waals surface area contributed by atoms with Gasteiger partial charge in [0.1, 0.15) is 5.75 Å². The molecule has 1 aromatic carbocycles. The van der Waals surface area contributed by atoms with Crippen LogP contribution >= 0.6 is 0 Å². The van der Waals surface area contributed by atoms with Crippen LogP contribution in [-0.2, 0) is 4.79 Å². The van der Waals surface area contributed by atoms with Gasteiger partial charge in [0.2, 0.25) is 5.91 Å². The first-order chi connectivity index (χ1) is 9.00. The minimum absolute atomic E-state index is 0.112. The predicted octanol–water partition coefficient (Wildman–Crippen LogP) is 2.28. The lowest BCUT2D eigenvalue weighted by molar-refractivity contribution is -0.117. The summed E-state index contributed by atoms with van der Waals surface area (Å²) in [5.41, 5.74) is 2.43. The van der Waals surface area contributed by atoms with Gasteiger partial charge >= 0.3 is 0 Å². The largest absolute Gasteiger partial charge is 0.508 e. The number of amides is 1. The van der Waals surface area contributed by atoms with E-state index in [1.165, 1.54) is 0 Å². The van der Waals surface area contributed by atoms with Crippen LogP contribution in [0.5, 0.6) is 5.75 Å². The first kappa shape index (κ1) is 15.0. The van der Waals surface area contributed by atoms with Crippen molar-refractivity contribution in [3.63, 3.8) is 0 Å². The molecule has 1 rings (SSSR count). The lowest BCUT2D eigenvalue weighted by atomic mass is 10.1. The van der Waals surface area contributed by atoms with Gasteiger partial charge in [0.15, 0.2) is 0 Å².